The van der Waals surface area contributed by atoms with Crippen LogP contribution in [0.2, 0.25) is 0 Å². The van der Waals surface area contributed by atoms with E-state index in [0.29, 0.717) is 6.04 Å². The molecule has 3 N–H and O–H groups in total. The van der Waals surface area contributed by atoms with Crippen LogP contribution in [0.4, 0.5) is 11.4 Å². The zero-order chi connectivity index (χ0) is 13.7. The fourth-order valence-electron chi connectivity index (χ4n) is 2.02. The predicted octanol–water partition coefficient (Wildman–Crippen LogP) is 4.46. The molecule has 2 aromatic rings. The minimum Gasteiger partial charge on any atom is -0.397 e. The Bertz CT molecular complexity index is 526. The number of nitrogens with one attached hydrogen (secondary N) is 1. The van der Waals surface area contributed by atoms with Crippen LogP contribution >= 0.6 is 15.9 Å². The zero-order valence-corrected chi connectivity index (χ0v) is 12.7. The third kappa shape index (κ3) is 4.28. The fraction of sp³-hybridized carbons (Fsp3) is 0.250. The van der Waals surface area contributed by atoms with Crippen LogP contribution in [0, 0.1) is 0 Å². The van der Waals surface area contributed by atoms with E-state index in [0.717, 1.165) is 28.7 Å². The molecule has 1 unspecified atom stereocenters. The van der Waals surface area contributed by atoms with Crippen molar-refractivity contribution >= 4 is 27.3 Å². The summed E-state index contributed by atoms with van der Waals surface area (Å²) in [6.45, 7) is 2.18. The molecule has 0 heterocycles. The molecule has 0 aliphatic heterocycles. The van der Waals surface area contributed by atoms with Crippen molar-refractivity contribution in [2.45, 2.75) is 25.8 Å². The van der Waals surface area contributed by atoms with Gasteiger partial charge in [-0.05, 0) is 43.5 Å². The number of hydrogen-bond donors (Lipinski definition) is 2. The minimum atomic E-state index is 0.386. The molecule has 2 aromatic carbocycles. The lowest BCUT2D eigenvalue weighted by Crippen LogP contribution is -2.17. The molecule has 100 valence electrons. The van der Waals surface area contributed by atoms with Gasteiger partial charge in [0, 0.05) is 10.5 Å². The molecule has 0 aliphatic carbocycles. The van der Waals surface area contributed by atoms with Gasteiger partial charge in [-0.25, -0.2) is 0 Å². The van der Waals surface area contributed by atoms with Crippen LogP contribution in [0.15, 0.2) is 53.0 Å². The highest BCUT2D eigenvalue weighted by Crippen LogP contribution is 2.24. The Morgan fingerprint density at radius 1 is 1.16 bits per heavy atom. The van der Waals surface area contributed by atoms with Crippen molar-refractivity contribution in [3.05, 3.63) is 58.6 Å². The summed E-state index contributed by atoms with van der Waals surface area (Å²) < 4.78 is 1.04. The molecule has 0 spiro atoms. The van der Waals surface area contributed by atoms with Gasteiger partial charge in [0.15, 0.2) is 0 Å². The SMILES string of the molecule is CC(CCc1ccccc1)Nc1cc(Br)ccc1N. The summed E-state index contributed by atoms with van der Waals surface area (Å²) in [5.41, 5.74) is 9.12. The lowest BCUT2D eigenvalue weighted by atomic mass is 10.1. The van der Waals surface area contributed by atoms with E-state index in [1.165, 1.54) is 5.56 Å². The second-order valence-corrected chi connectivity index (χ2v) is 5.72. The minimum absolute atomic E-state index is 0.386. The Balaban J connectivity index is 1.90. The summed E-state index contributed by atoms with van der Waals surface area (Å²) in [5, 5.41) is 3.47. The van der Waals surface area contributed by atoms with Crippen LogP contribution in [0.25, 0.3) is 0 Å². The number of benzene rings is 2. The summed E-state index contributed by atoms with van der Waals surface area (Å²) in [6, 6.07) is 16.8. The van der Waals surface area contributed by atoms with E-state index >= 15 is 0 Å². The van der Waals surface area contributed by atoms with Gasteiger partial charge in [0.2, 0.25) is 0 Å². The highest BCUT2D eigenvalue weighted by molar-refractivity contribution is 9.10. The van der Waals surface area contributed by atoms with Gasteiger partial charge in [-0.15, -0.1) is 0 Å². The largest absolute Gasteiger partial charge is 0.397 e. The fourth-order valence-corrected chi connectivity index (χ4v) is 2.38. The molecule has 19 heavy (non-hydrogen) atoms. The van der Waals surface area contributed by atoms with E-state index in [1.807, 2.05) is 24.3 Å². The Morgan fingerprint density at radius 2 is 1.89 bits per heavy atom. The molecular formula is C16H19BrN2. The van der Waals surface area contributed by atoms with Crippen molar-refractivity contribution in [2.24, 2.45) is 0 Å². The van der Waals surface area contributed by atoms with E-state index in [4.69, 9.17) is 5.73 Å². The van der Waals surface area contributed by atoms with Crippen LogP contribution in [-0.4, -0.2) is 6.04 Å². The second-order valence-electron chi connectivity index (χ2n) is 4.80. The smallest absolute Gasteiger partial charge is 0.0587 e. The van der Waals surface area contributed by atoms with Gasteiger partial charge in [-0.1, -0.05) is 46.3 Å². The summed E-state index contributed by atoms with van der Waals surface area (Å²) >= 11 is 3.47. The van der Waals surface area contributed by atoms with Gasteiger partial charge in [0.05, 0.1) is 11.4 Å². The summed E-state index contributed by atoms with van der Waals surface area (Å²) in [5.74, 6) is 0. The number of aryl methyl sites for hydroxylation is 1. The maximum absolute atomic E-state index is 5.96. The average Bonchev–Trinajstić information content (AvgIpc) is 2.42. The quantitative estimate of drug-likeness (QED) is 0.798. The van der Waals surface area contributed by atoms with E-state index in [2.05, 4.69) is 52.4 Å². The standard InChI is InChI=1S/C16H19BrN2/c1-12(7-8-13-5-3-2-4-6-13)19-16-11-14(17)9-10-15(16)18/h2-6,9-12,19H,7-8,18H2,1H3. The topological polar surface area (TPSA) is 38.0 Å². The summed E-state index contributed by atoms with van der Waals surface area (Å²) in [6.07, 6.45) is 2.15. The van der Waals surface area contributed by atoms with Gasteiger partial charge >= 0.3 is 0 Å². The molecule has 2 rings (SSSR count). The van der Waals surface area contributed by atoms with Gasteiger partial charge in [-0.3, -0.25) is 0 Å². The maximum atomic E-state index is 5.96. The number of nitrogens with two attached hydrogens (primary N) is 1. The molecule has 0 saturated carbocycles. The third-order valence-corrected chi connectivity index (χ3v) is 3.62. The Labute approximate surface area is 123 Å². The second kappa shape index (κ2) is 6.62. The van der Waals surface area contributed by atoms with Crippen LogP contribution in [0.1, 0.15) is 18.9 Å². The molecule has 0 fully saturated rings. The summed E-state index contributed by atoms with van der Waals surface area (Å²) in [7, 11) is 0. The van der Waals surface area contributed by atoms with Crippen molar-refractivity contribution < 1.29 is 0 Å². The van der Waals surface area contributed by atoms with Gasteiger partial charge in [-0.2, -0.15) is 0 Å². The number of rotatable bonds is 5. The van der Waals surface area contributed by atoms with Crippen molar-refractivity contribution in [2.75, 3.05) is 11.1 Å². The maximum Gasteiger partial charge on any atom is 0.0587 e. The van der Waals surface area contributed by atoms with Crippen molar-refractivity contribution in [3.8, 4) is 0 Å². The van der Waals surface area contributed by atoms with E-state index in [-0.39, 0.29) is 0 Å². The molecule has 0 saturated heterocycles. The zero-order valence-electron chi connectivity index (χ0n) is 11.1. The number of nitrogen functional groups attached to an aromatic ring is 1. The van der Waals surface area contributed by atoms with Crippen LogP contribution < -0.4 is 11.1 Å². The molecule has 3 heteroatoms. The first-order valence-corrected chi connectivity index (χ1v) is 7.30. The van der Waals surface area contributed by atoms with Crippen LogP contribution in [-0.2, 0) is 6.42 Å². The highest BCUT2D eigenvalue weighted by Gasteiger charge is 2.05. The molecule has 0 aliphatic rings. The average molecular weight is 319 g/mol. The van der Waals surface area contributed by atoms with Crippen LogP contribution in [0.5, 0.6) is 0 Å². The van der Waals surface area contributed by atoms with Crippen molar-refractivity contribution in [1.82, 2.24) is 0 Å². The van der Waals surface area contributed by atoms with E-state index < -0.39 is 0 Å². The van der Waals surface area contributed by atoms with Crippen molar-refractivity contribution in [1.29, 1.82) is 0 Å². The van der Waals surface area contributed by atoms with Crippen molar-refractivity contribution in [3.63, 3.8) is 0 Å². The first-order chi connectivity index (χ1) is 9.15. The number of halogens is 1. The molecule has 0 bridgehead atoms. The van der Waals surface area contributed by atoms with Gasteiger partial charge < -0.3 is 11.1 Å². The van der Waals surface area contributed by atoms with Crippen LogP contribution in [0.3, 0.4) is 0 Å². The monoisotopic (exact) mass is 318 g/mol. The van der Waals surface area contributed by atoms with Gasteiger partial charge in [0.25, 0.3) is 0 Å². The molecule has 0 aromatic heterocycles. The lowest BCUT2D eigenvalue weighted by molar-refractivity contribution is 0.706. The molecular weight excluding hydrogens is 300 g/mol. The summed E-state index contributed by atoms with van der Waals surface area (Å²) in [4.78, 5) is 0. The van der Waals surface area contributed by atoms with E-state index in [9.17, 15) is 0 Å². The molecule has 0 radical (unpaired) electrons. The Hall–Kier alpha value is -1.48. The lowest BCUT2D eigenvalue weighted by Gasteiger charge is -2.17. The molecule has 0 amide bonds. The Kier molecular flexibility index (Phi) is 4.86. The Morgan fingerprint density at radius 3 is 2.63 bits per heavy atom. The van der Waals surface area contributed by atoms with E-state index in [1.54, 1.807) is 0 Å². The van der Waals surface area contributed by atoms with Gasteiger partial charge in [0.1, 0.15) is 0 Å². The normalized spacial score (nSPS) is 12.1. The number of hydrogen-bond acceptors (Lipinski definition) is 2. The number of anilines is 2. The molecule has 1 atom stereocenters. The first-order valence-electron chi connectivity index (χ1n) is 6.50. The highest BCUT2D eigenvalue weighted by atomic mass is 79.9. The molecule has 2 nitrogen and oxygen atoms in total. The third-order valence-electron chi connectivity index (χ3n) is 3.13. The predicted molar refractivity (Wildman–Crippen MR) is 86.4 cm³/mol. The first kappa shape index (κ1) is 13.9.